The van der Waals surface area contributed by atoms with E-state index in [1.54, 1.807) is 30.3 Å². The molecule has 126 valence electrons. The Labute approximate surface area is 150 Å². The van der Waals surface area contributed by atoms with Gasteiger partial charge in [0.2, 0.25) is 0 Å². The van der Waals surface area contributed by atoms with Gasteiger partial charge in [-0.25, -0.2) is 8.42 Å². The first-order valence-electron chi connectivity index (χ1n) is 7.32. The monoisotopic (exact) mass is 439 g/mol. The topological polar surface area (TPSA) is 70.6 Å². The van der Waals surface area contributed by atoms with Crippen molar-refractivity contribution in [3.8, 4) is 0 Å². The van der Waals surface area contributed by atoms with Crippen LogP contribution in [0.2, 0.25) is 0 Å². The van der Waals surface area contributed by atoms with Crippen LogP contribution in [0.5, 0.6) is 0 Å². The van der Waals surface area contributed by atoms with Gasteiger partial charge in [-0.1, -0.05) is 25.1 Å². The summed E-state index contributed by atoms with van der Waals surface area (Å²) in [6.07, 6.45) is 0.979. The van der Waals surface area contributed by atoms with Crippen LogP contribution in [0.1, 0.15) is 27.2 Å². The normalized spacial score (nSPS) is 13.1. The van der Waals surface area contributed by atoms with Crippen molar-refractivity contribution in [2.75, 3.05) is 18.8 Å². The average molecular weight is 439 g/mol. The van der Waals surface area contributed by atoms with E-state index in [1.165, 1.54) is 0 Å². The van der Waals surface area contributed by atoms with Crippen LogP contribution < -0.4 is 10.6 Å². The van der Waals surface area contributed by atoms with Gasteiger partial charge in [0.25, 0.3) is 0 Å². The average Bonchev–Trinajstić information content (AvgIpc) is 2.48. The Balaban J connectivity index is 0.00000441. The molecule has 1 aromatic rings. The maximum atomic E-state index is 12.1. The van der Waals surface area contributed by atoms with Crippen molar-refractivity contribution in [1.29, 1.82) is 0 Å². The summed E-state index contributed by atoms with van der Waals surface area (Å²) in [6.45, 7) is 7.11. The van der Waals surface area contributed by atoms with Gasteiger partial charge in [0.15, 0.2) is 15.8 Å². The van der Waals surface area contributed by atoms with Crippen molar-refractivity contribution in [2.24, 2.45) is 4.99 Å². The van der Waals surface area contributed by atoms with Crippen LogP contribution in [-0.2, 0) is 9.84 Å². The zero-order chi connectivity index (χ0) is 15.7. The number of nitrogens with zero attached hydrogens (tertiary/aromatic N) is 1. The quantitative estimate of drug-likeness (QED) is 0.389. The summed E-state index contributed by atoms with van der Waals surface area (Å²) in [7, 11) is -3.27. The number of hydrogen-bond donors (Lipinski definition) is 2. The highest BCUT2D eigenvalue weighted by Crippen LogP contribution is 2.09. The highest BCUT2D eigenvalue weighted by molar-refractivity contribution is 14.0. The van der Waals surface area contributed by atoms with E-state index in [4.69, 9.17) is 0 Å². The minimum absolute atomic E-state index is 0. The van der Waals surface area contributed by atoms with Crippen LogP contribution in [0, 0.1) is 0 Å². The van der Waals surface area contributed by atoms with E-state index in [2.05, 4.69) is 29.5 Å². The number of benzene rings is 1. The summed E-state index contributed by atoms with van der Waals surface area (Å²) in [5.74, 6) is 0.670. The zero-order valence-corrected chi connectivity index (χ0v) is 16.5. The molecule has 0 saturated heterocycles. The smallest absolute Gasteiger partial charge is 0.191 e. The molecule has 0 aliphatic heterocycles. The fourth-order valence-electron chi connectivity index (χ4n) is 1.68. The summed E-state index contributed by atoms with van der Waals surface area (Å²) >= 11 is 0. The van der Waals surface area contributed by atoms with E-state index in [0.29, 0.717) is 16.9 Å². The SMILES string of the molecule is CCNC(=NCCS(=O)(=O)c1ccccc1)NC(C)CC.I. The van der Waals surface area contributed by atoms with E-state index >= 15 is 0 Å². The Bertz CT molecular complexity index is 547. The molecule has 1 atom stereocenters. The summed E-state index contributed by atoms with van der Waals surface area (Å²) in [5.41, 5.74) is 0. The number of aliphatic imine (C=N–C) groups is 1. The zero-order valence-electron chi connectivity index (χ0n) is 13.4. The maximum absolute atomic E-state index is 12.1. The van der Waals surface area contributed by atoms with Crippen molar-refractivity contribution in [3.63, 3.8) is 0 Å². The van der Waals surface area contributed by atoms with Crippen LogP contribution in [-0.4, -0.2) is 39.3 Å². The van der Waals surface area contributed by atoms with Gasteiger partial charge in [-0.3, -0.25) is 4.99 Å². The summed E-state index contributed by atoms with van der Waals surface area (Å²) < 4.78 is 24.3. The van der Waals surface area contributed by atoms with Gasteiger partial charge in [-0.05, 0) is 32.4 Å². The summed E-state index contributed by atoms with van der Waals surface area (Å²) in [6, 6.07) is 8.78. The van der Waals surface area contributed by atoms with Gasteiger partial charge in [0.1, 0.15) is 0 Å². The molecule has 0 amide bonds. The Kier molecular flexibility index (Phi) is 10.4. The van der Waals surface area contributed by atoms with E-state index in [-0.39, 0.29) is 36.3 Å². The third-order valence-corrected chi connectivity index (χ3v) is 4.78. The molecular formula is C15H26IN3O2S. The molecule has 0 aliphatic rings. The number of hydrogen-bond acceptors (Lipinski definition) is 3. The molecule has 0 aromatic heterocycles. The first-order valence-corrected chi connectivity index (χ1v) is 8.97. The molecule has 2 N–H and O–H groups in total. The Morgan fingerprint density at radius 3 is 2.41 bits per heavy atom. The van der Waals surface area contributed by atoms with Crippen molar-refractivity contribution in [3.05, 3.63) is 30.3 Å². The molecule has 0 spiro atoms. The second kappa shape index (κ2) is 10.8. The molecule has 0 saturated carbocycles. The van der Waals surface area contributed by atoms with E-state index < -0.39 is 9.84 Å². The Morgan fingerprint density at radius 1 is 1.23 bits per heavy atom. The standard InChI is InChI=1S/C15H25N3O2S.HI/c1-4-13(3)18-15(16-5-2)17-11-12-21(19,20)14-9-7-6-8-10-14;/h6-10,13H,4-5,11-12H2,1-3H3,(H2,16,17,18);1H. The summed E-state index contributed by atoms with van der Waals surface area (Å²) in [4.78, 5) is 4.67. The maximum Gasteiger partial charge on any atom is 0.191 e. The van der Waals surface area contributed by atoms with Crippen LogP contribution in [0.3, 0.4) is 0 Å². The molecule has 0 bridgehead atoms. The number of rotatable bonds is 7. The fourth-order valence-corrected chi connectivity index (χ4v) is 2.82. The molecule has 0 fully saturated rings. The Morgan fingerprint density at radius 2 is 1.86 bits per heavy atom. The highest BCUT2D eigenvalue weighted by atomic mass is 127. The van der Waals surface area contributed by atoms with E-state index in [9.17, 15) is 8.42 Å². The molecule has 1 unspecified atom stereocenters. The lowest BCUT2D eigenvalue weighted by Crippen LogP contribution is -2.42. The van der Waals surface area contributed by atoms with Gasteiger partial charge in [0.05, 0.1) is 17.2 Å². The van der Waals surface area contributed by atoms with Crippen molar-refractivity contribution >= 4 is 39.8 Å². The molecule has 0 heterocycles. The first-order chi connectivity index (χ1) is 9.99. The predicted molar refractivity (Wildman–Crippen MR) is 103 cm³/mol. The van der Waals surface area contributed by atoms with Crippen LogP contribution in [0.15, 0.2) is 40.2 Å². The lowest BCUT2D eigenvalue weighted by atomic mass is 10.3. The van der Waals surface area contributed by atoms with Crippen LogP contribution in [0.4, 0.5) is 0 Å². The molecule has 0 aliphatic carbocycles. The molecule has 1 rings (SSSR count). The predicted octanol–water partition coefficient (Wildman–Crippen LogP) is 2.43. The molecule has 22 heavy (non-hydrogen) atoms. The fraction of sp³-hybridized carbons (Fsp3) is 0.533. The van der Waals surface area contributed by atoms with E-state index in [0.717, 1.165) is 13.0 Å². The highest BCUT2D eigenvalue weighted by Gasteiger charge is 2.13. The minimum atomic E-state index is -3.27. The third kappa shape index (κ3) is 7.44. The third-order valence-electron chi connectivity index (χ3n) is 3.07. The number of sulfone groups is 1. The minimum Gasteiger partial charge on any atom is -0.357 e. The van der Waals surface area contributed by atoms with Gasteiger partial charge < -0.3 is 10.6 Å². The lowest BCUT2D eigenvalue weighted by molar-refractivity contribution is 0.595. The van der Waals surface area contributed by atoms with Crippen molar-refractivity contribution in [2.45, 2.75) is 38.1 Å². The largest absolute Gasteiger partial charge is 0.357 e. The molecule has 7 heteroatoms. The molecular weight excluding hydrogens is 413 g/mol. The second-order valence-electron chi connectivity index (χ2n) is 4.85. The summed E-state index contributed by atoms with van der Waals surface area (Å²) in [5, 5.41) is 6.36. The first kappa shape index (κ1) is 21.2. The Hall–Kier alpha value is -0.830. The number of halogens is 1. The van der Waals surface area contributed by atoms with Gasteiger partial charge in [-0.2, -0.15) is 0 Å². The van der Waals surface area contributed by atoms with Gasteiger partial charge in [-0.15, -0.1) is 24.0 Å². The van der Waals surface area contributed by atoms with Gasteiger partial charge in [0, 0.05) is 12.6 Å². The number of nitrogens with one attached hydrogen (secondary N) is 2. The second-order valence-corrected chi connectivity index (χ2v) is 6.96. The van der Waals surface area contributed by atoms with E-state index in [1.807, 2.05) is 6.92 Å². The molecule has 0 radical (unpaired) electrons. The van der Waals surface area contributed by atoms with Crippen molar-refractivity contribution in [1.82, 2.24) is 10.6 Å². The lowest BCUT2D eigenvalue weighted by Gasteiger charge is -2.16. The van der Waals surface area contributed by atoms with Crippen LogP contribution >= 0.6 is 24.0 Å². The van der Waals surface area contributed by atoms with Gasteiger partial charge >= 0.3 is 0 Å². The molecule has 5 nitrogen and oxygen atoms in total. The van der Waals surface area contributed by atoms with Crippen molar-refractivity contribution < 1.29 is 8.42 Å². The van der Waals surface area contributed by atoms with Crippen LogP contribution in [0.25, 0.3) is 0 Å². The molecule has 1 aromatic carbocycles. The number of guanidine groups is 1.